The summed E-state index contributed by atoms with van der Waals surface area (Å²) in [4.78, 5) is 4.14. The SMILES string of the molecule is Cc1cc(NCc2cn(C)nc2C(C)C)cnc1Cl. The molecule has 1 N–H and O–H groups in total. The van der Waals surface area contributed by atoms with E-state index in [0.717, 1.165) is 23.5 Å². The number of pyridine rings is 1. The molecule has 0 aliphatic carbocycles. The number of aryl methyl sites for hydroxylation is 2. The number of anilines is 1. The fourth-order valence-electron chi connectivity index (χ4n) is 2.03. The van der Waals surface area contributed by atoms with Crippen molar-refractivity contribution in [1.82, 2.24) is 14.8 Å². The van der Waals surface area contributed by atoms with Crippen molar-refractivity contribution in [3.8, 4) is 0 Å². The highest BCUT2D eigenvalue weighted by Gasteiger charge is 2.11. The summed E-state index contributed by atoms with van der Waals surface area (Å²) in [6, 6.07) is 2.00. The summed E-state index contributed by atoms with van der Waals surface area (Å²) in [6.07, 6.45) is 3.80. The van der Waals surface area contributed by atoms with E-state index in [0.29, 0.717) is 11.1 Å². The van der Waals surface area contributed by atoms with Gasteiger partial charge in [0.05, 0.1) is 17.6 Å². The lowest BCUT2D eigenvalue weighted by atomic mass is 10.1. The molecule has 2 aromatic rings. The van der Waals surface area contributed by atoms with Gasteiger partial charge in [-0.25, -0.2) is 4.98 Å². The summed E-state index contributed by atoms with van der Waals surface area (Å²) in [5, 5.41) is 8.41. The molecule has 0 aromatic carbocycles. The second-order valence-electron chi connectivity index (χ2n) is 5.05. The minimum Gasteiger partial charge on any atom is -0.380 e. The van der Waals surface area contributed by atoms with Crippen molar-refractivity contribution < 1.29 is 0 Å². The van der Waals surface area contributed by atoms with Crippen LogP contribution in [0.4, 0.5) is 5.69 Å². The average Bonchev–Trinajstić information content (AvgIpc) is 2.72. The molecule has 0 aliphatic heterocycles. The highest BCUT2D eigenvalue weighted by molar-refractivity contribution is 6.30. The summed E-state index contributed by atoms with van der Waals surface area (Å²) < 4.78 is 1.86. The van der Waals surface area contributed by atoms with Crippen molar-refractivity contribution in [3.63, 3.8) is 0 Å². The van der Waals surface area contributed by atoms with Crippen LogP contribution in [0.2, 0.25) is 5.15 Å². The van der Waals surface area contributed by atoms with Gasteiger partial charge in [-0.2, -0.15) is 5.10 Å². The van der Waals surface area contributed by atoms with E-state index in [4.69, 9.17) is 11.6 Å². The summed E-state index contributed by atoms with van der Waals surface area (Å²) in [7, 11) is 1.95. The first-order valence-corrected chi connectivity index (χ1v) is 6.73. The summed E-state index contributed by atoms with van der Waals surface area (Å²) in [5.41, 5.74) is 4.29. The first-order valence-electron chi connectivity index (χ1n) is 6.35. The molecule has 2 aromatic heterocycles. The third kappa shape index (κ3) is 3.26. The van der Waals surface area contributed by atoms with E-state index in [9.17, 15) is 0 Å². The third-order valence-electron chi connectivity index (χ3n) is 2.98. The van der Waals surface area contributed by atoms with Crippen LogP contribution >= 0.6 is 11.6 Å². The van der Waals surface area contributed by atoms with E-state index >= 15 is 0 Å². The largest absolute Gasteiger partial charge is 0.380 e. The number of hydrogen-bond acceptors (Lipinski definition) is 3. The second kappa shape index (κ2) is 5.61. The van der Waals surface area contributed by atoms with Gasteiger partial charge < -0.3 is 5.32 Å². The lowest BCUT2D eigenvalue weighted by Gasteiger charge is -2.09. The molecule has 2 rings (SSSR count). The lowest BCUT2D eigenvalue weighted by Crippen LogP contribution is -2.03. The van der Waals surface area contributed by atoms with Gasteiger partial charge in [0.2, 0.25) is 0 Å². The van der Waals surface area contributed by atoms with Gasteiger partial charge in [-0.1, -0.05) is 25.4 Å². The van der Waals surface area contributed by atoms with Crippen molar-refractivity contribution >= 4 is 17.3 Å². The zero-order valence-electron chi connectivity index (χ0n) is 11.7. The average molecular weight is 279 g/mol. The van der Waals surface area contributed by atoms with Gasteiger partial charge in [-0.15, -0.1) is 0 Å². The second-order valence-corrected chi connectivity index (χ2v) is 5.41. The molecule has 2 heterocycles. The van der Waals surface area contributed by atoms with Gasteiger partial charge in [0.15, 0.2) is 0 Å². The summed E-state index contributed by atoms with van der Waals surface area (Å²) in [5.74, 6) is 0.420. The van der Waals surface area contributed by atoms with Crippen LogP contribution in [-0.2, 0) is 13.6 Å². The number of halogens is 1. The number of nitrogens with one attached hydrogen (secondary N) is 1. The van der Waals surface area contributed by atoms with Crippen LogP contribution in [0.15, 0.2) is 18.5 Å². The van der Waals surface area contributed by atoms with Crippen LogP contribution in [-0.4, -0.2) is 14.8 Å². The summed E-state index contributed by atoms with van der Waals surface area (Å²) in [6.45, 7) is 6.99. The molecule has 0 amide bonds. The van der Waals surface area contributed by atoms with Crippen LogP contribution in [0.25, 0.3) is 0 Å². The first-order chi connectivity index (χ1) is 8.97. The zero-order valence-corrected chi connectivity index (χ0v) is 12.5. The minimum atomic E-state index is 0.420. The van der Waals surface area contributed by atoms with Crippen molar-refractivity contribution in [2.24, 2.45) is 7.05 Å². The Bertz CT molecular complexity index is 575. The standard InChI is InChI=1S/C14H19ClN4/c1-9(2)13-11(8-19(4)18-13)6-16-12-5-10(3)14(15)17-7-12/h5,7-9,16H,6H2,1-4H3. The van der Waals surface area contributed by atoms with Crippen LogP contribution < -0.4 is 5.32 Å². The Morgan fingerprint density at radius 3 is 2.79 bits per heavy atom. The molecule has 0 aliphatic rings. The van der Waals surface area contributed by atoms with E-state index < -0.39 is 0 Å². The number of hydrogen-bond donors (Lipinski definition) is 1. The molecule has 0 spiro atoms. The van der Waals surface area contributed by atoms with Gasteiger partial charge in [-0.3, -0.25) is 4.68 Å². The molecular formula is C14H19ClN4. The predicted octanol–water partition coefficient (Wildman–Crippen LogP) is 3.51. The van der Waals surface area contributed by atoms with E-state index in [-0.39, 0.29) is 0 Å². The molecule has 0 saturated carbocycles. The van der Waals surface area contributed by atoms with Gasteiger partial charge in [0.1, 0.15) is 5.15 Å². The maximum absolute atomic E-state index is 5.92. The molecule has 19 heavy (non-hydrogen) atoms. The fourth-order valence-corrected chi connectivity index (χ4v) is 2.13. The predicted molar refractivity (Wildman–Crippen MR) is 78.6 cm³/mol. The van der Waals surface area contributed by atoms with Gasteiger partial charge in [0, 0.05) is 25.4 Å². The van der Waals surface area contributed by atoms with Crippen LogP contribution in [0.3, 0.4) is 0 Å². The normalized spacial score (nSPS) is 11.1. The Balaban J connectivity index is 2.12. The number of rotatable bonds is 4. The van der Waals surface area contributed by atoms with Crippen molar-refractivity contribution in [3.05, 3.63) is 40.4 Å². The highest BCUT2D eigenvalue weighted by atomic mass is 35.5. The topological polar surface area (TPSA) is 42.7 Å². The molecule has 0 radical (unpaired) electrons. The van der Waals surface area contributed by atoms with Crippen LogP contribution in [0.5, 0.6) is 0 Å². The number of nitrogens with zero attached hydrogens (tertiary/aromatic N) is 3. The molecule has 0 unspecified atom stereocenters. The van der Waals surface area contributed by atoms with Gasteiger partial charge >= 0.3 is 0 Å². The Labute approximate surface area is 118 Å². The molecule has 4 nitrogen and oxygen atoms in total. The Kier molecular flexibility index (Phi) is 4.10. The smallest absolute Gasteiger partial charge is 0.132 e. The molecule has 0 bridgehead atoms. The van der Waals surface area contributed by atoms with E-state index in [1.807, 2.05) is 24.7 Å². The van der Waals surface area contributed by atoms with Gasteiger partial charge in [-0.05, 0) is 24.5 Å². The summed E-state index contributed by atoms with van der Waals surface area (Å²) >= 11 is 5.92. The van der Waals surface area contributed by atoms with Gasteiger partial charge in [0.25, 0.3) is 0 Å². The van der Waals surface area contributed by atoms with Crippen LogP contribution in [0.1, 0.15) is 36.6 Å². The monoisotopic (exact) mass is 278 g/mol. The zero-order chi connectivity index (χ0) is 14.0. The molecular weight excluding hydrogens is 260 g/mol. The quantitative estimate of drug-likeness (QED) is 0.870. The molecule has 0 saturated heterocycles. The van der Waals surface area contributed by atoms with Crippen molar-refractivity contribution in [2.75, 3.05) is 5.32 Å². The molecule has 5 heteroatoms. The Hall–Kier alpha value is -1.55. The van der Waals surface area contributed by atoms with E-state index in [1.54, 1.807) is 6.20 Å². The first kappa shape index (κ1) is 13.9. The molecule has 102 valence electrons. The highest BCUT2D eigenvalue weighted by Crippen LogP contribution is 2.20. The Morgan fingerprint density at radius 2 is 2.16 bits per heavy atom. The minimum absolute atomic E-state index is 0.420. The maximum atomic E-state index is 5.92. The van der Waals surface area contributed by atoms with Crippen molar-refractivity contribution in [2.45, 2.75) is 33.2 Å². The van der Waals surface area contributed by atoms with Crippen molar-refractivity contribution in [1.29, 1.82) is 0 Å². The van der Waals surface area contributed by atoms with Crippen LogP contribution in [0, 0.1) is 6.92 Å². The van der Waals surface area contributed by atoms with E-state index in [1.165, 1.54) is 5.56 Å². The Morgan fingerprint density at radius 1 is 1.42 bits per heavy atom. The third-order valence-corrected chi connectivity index (χ3v) is 3.38. The van der Waals surface area contributed by atoms with E-state index in [2.05, 4.69) is 35.4 Å². The fraction of sp³-hybridized carbons (Fsp3) is 0.429. The molecule has 0 fully saturated rings. The molecule has 0 atom stereocenters. The number of aromatic nitrogens is 3. The maximum Gasteiger partial charge on any atom is 0.132 e. The lowest BCUT2D eigenvalue weighted by molar-refractivity contribution is 0.712.